The summed E-state index contributed by atoms with van der Waals surface area (Å²) in [7, 11) is 0. The van der Waals surface area contributed by atoms with Gasteiger partial charge in [0, 0.05) is 12.7 Å². The highest BCUT2D eigenvalue weighted by molar-refractivity contribution is 5.14. The summed E-state index contributed by atoms with van der Waals surface area (Å²) in [5.74, 6) is 6.12. The summed E-state index contributed by atoms with van der Waals surface area (Å²) in [6, 6.07) is 0. The van der Waals surface area contributed by atoms with Crippen LogP contribution in [0.4, 0.5) is 0 Å². The van der Waals surface area contributed by atoms with Crippen LogP contribution >= 0.6 is 0 Å². The van der Waals surface area contributed by atoms with Crippen molar-refractivity contribution in [1.29, 1.82) is 0 Å². The number of nitrogens with zero attached hydrogens (tertiary/aromatic N) is 2. The maximum Gasteiger partial charge on any atom is 0.0524 e. The molecule has 1 heterocycles. The third-order valence-corrected chi connectivity index (χ3v) is 13.0. The zero-order valence-corrected chi connectivity index (χ0v) is 23.6. The van der Waals surface area contributed by atoms with E-state index in [-0.39, 0.29) is 0 Å². The normalized spacial score (nSPS) is 45.8. The lowest BCUT2D eigenvalue weighted by Crippen LogP contribution is -2.58. The number of hydrogen-bond acceptors (Lipinski definition) is 1. The van der Waals surface area contributed by atoms with E-state index in [1.165, 1.54) is 76.2 Å². The van der Waals surface area contributed by atoms with Gasteiger partial charge in [0.15, 0.2) is 0 Å². The lowest BCUT2D eigenvalue weighted by atomic mass is 9.38. The maximum atomic E-state index is 4.78. The molecular weight excluding hydrogens is 412 g/mol. The minimum absolute atomic E-state index is 0.553. The highest BCUT2D eigenvalue weighted by atomic mass is 15.3. The van der Waals surface area contributed by atoms with Crippen molar-refractivity contribution in [2.24, 2.45) is 51.8 Å². The van der Waals surface area contributed by atoms with Gasteiger partial charge in [-0.3, -0.25) is 4.68 Å². The first kappa shape index (κ1) is 24.9. The molecule has 0 saturated heterocycles. The topological polar surface area (TPSA) is 17.8 Å². The van der Waals surface area contributed by atoms with E-state index in [9.17, 15) is 0 Å². The van der Waals surface area contributed by atoms with Crippen LogP contribution in [-0.2, 0) is 6.54 Å². The molecule has 0 aliphatic heterocycles. The highest BCUT2D eigenvalue weighted by Gasteiger charge is 2.64. The van der Waals surface area contributed by atoms with Crippen molar-refractivity contribution in [2.75, 3.05) is 0 Å². The van der Waals surface area contributed by atoms with E-state index >= 15 is 0 Å². The van der Waals surface area contributed by atoms with Gasteiger partial charge in [0.05, 0.1) is 6.20 Å². The van der Waals surface area contributed by atoms with Gasteiger partial charge in [-0.05, 0) is 127 Å². The summed E-state index contributed by atoms with van der Waals surface area (Å²) in [6.45, 7) is 18.8. The number of hydrogen-bond donors (Lipinski definition) is 0. The van der Waals surface area contributed by atoms with E-state index in [0.717, 1.165) is 42.1 Å². The van der Waals surface area contributed by atoms with E-state index in [1.807, 2.05) is 0 Å². The average molecular weight is 467 g/mol. The Kier molecular flexibility index (Phi) is 6.55. The van der Waals surface area contributed by atoms with Gasteiger partial charge in [-0.25, -0.2) is 0 Å². The van der Waals surface area contributed by atoms with Crippen LogP contribution in [0.2, 0.25) is 0 Å². The van der Waals surface area contributed by atoms with Crippen LogP contribution in [0.1, 0.15) is 131 Å². The van der Waals surface area contributed by atoms with E-state index in [1.54, 1.807) is 0 Å². The fraction of sp³-hybridized carbons (Fsp3) is 0.906. The predicted octanol–water partition coefficient (Wildman–Crippen LogP) is 9.11. The second-order valence-electron chi connectivity index (χ2n) is 14.3. The monoisotopic (exact) mass is 466 g/mol. The SMILES string of the molecule is CCC(C)c1cnn(CC(C)C2CCC3C4CC[C@]5(C)CC(C)CCC5(CC)C4CCC23C)c1. The number of aromatic nitrogens is 2. The van der Waals surface area contributed by atoms with E-state index in [2.05, 4.69) is 65.5 Å². The van der Waals surface area contributed by atoms with Crippen LogP contribution in [0.3, 0.4) is 0 Å². The Labute approximate surface area is 211 Å². The minimum Gasteiger partial charge on any atom is -0.272 e. The van der Waals surface area contributed by atoms with Crippen LogP contribution in [-0.4, -0.2) is 9.78 Å². The van der Waals surface area contributed by atoms with E-state index in [4.69, 9.17) is 5.10 Å². The molecular formula is C32H54N2. The van der Waals surface area contributed by atoms with Gasteiger partial charge in [0.1, 0.15) is 0 Å². The van der Waals surface area contributed by atoms with Crippen molar-refractivity contribution >= 4 is 0 Å². The van der Waals surface area contributed by atoms with Crippen molar-refractivity contribution in [2.45, 2.75) is 132 Å². The molecule has 4 saturated carbocycles. The van der Waals surface area contributed by atoms with Gasteiger partial charge in [-0.1, -0.05) is 54.9 Å². The first-order valence-corrected chi connectivity index (χ1v) is 15.2. The molecule has 10 atom stereocenters. The minimum atomic E-state index is 0.553. The Balaban J connectivity index is 1.34. The van der Waals surface area contributed by atoms with Gasteiger partial charge in [-0.15, -0.1) is 0 Å². The number of rotatable bonds is 6. The van der Waals surface area contributed by atoms with Crippen molar-refractivity contribution in [3.05, 3.63) is 18.0 Å². The molecule has 9 unspecified atom stereocenters. The summed E-state index contributed by atoms with van der Waals surface area (Å²) < 4.78 is 2.27. The molecule has 4 aliphatic rings. The third-order valence-electron chi connectivity index (χ3n) is 13.0. The second-order valence-corrected chi connectivity index (χ2v) is 14.3. The van der Waals surface area contributed by atoms with Crippen LogP contribution in [0.5, 0.6) is 0 Å². The fourth-order valence-corrected chi connectivity index (χ4v) is 11.0. The van der Waals surface area contributed by atoms with E-state index in [0.29, 0.717) is 22.2 Å². The lowest BCUT2D eigenvalue weighted by Gasteiger charge is -2.66. The van der Waals surface area contributed by atoms with Crippen molar-refractivity contribution in [3.8, 4) is 0 Å². The quantitative estimate of drug-likeness (QED) is 0.408. The smallest absolute Gasteiger partial charge is 0.0524 e. The molecule has 0 bridgehead atoms. The van der Waals surface area contributed by atoms with Crippen molar-refractivity contribution < 1.29 is 0 Å². The lowest BCUT2D eigenvalue weighted by molar-refractivity contribution is -0.173. The van der Waals surface area contributed by atoms with Crippen LogP contribution < -0.4 is 0 Å². The molecule has 4 fully saturated rings. The predicted molar refractivity (Wildman–Crippen MR) is 144 cm³/mol. The summed E-state index contributed by atoms with van der Waals surface area (Å²) in [4.78, 5) is 0. The Bertz CT molecular complexity index is 857. The molecule has 34 heavy (non-hydrogen) atoms. The van der Waals surface area contributed by atoms with Gasteiger partial charge in [-0.2, -0.15) is 5.10 Å². The molecule has 0 radical (unpaired) electrons. The van der Waals surface area contributed by atoms with Crippen molar-refractivity contribution in [3.63, 3.8) is 0 Å². The average Bonchev–Trinajstić information content (AvgIpc) is 3.42. The van der Waals surface area contributed by atoms with Gasteiger partial charge < -0.3 is 0 Å². The fourth-order valence-electron chi connectivity index (χ4n) is 11.0. The largest absolute Gasteiger partial charge is 0.272 e. The number of fused-ring (bicyclic) bond motifs is 5. The van der Waals surface area contributed by atoms with Crippen LogP contribution in [0.15, 0.2) is 12.4 Å². The zero-order chi connectivity index (χ0) is 24.3. The van der Waals surface area contributed by atoms with Gasteiger partial charge >= 0.3 is 0 Å². The zero-order valence-electron chi connectivity index (χ0n) is 23.6. The summed E-state index contributed by atoms with van der Waals surface area (Å²) in [5.41, 5.74) is 3.21. The second kappa shape index (κ2) is 8.95. The molecule has 2 heteroatoms. The first-order valence-electron chi connectivity index (χ1n) is 15.2. The third kappa shape index (κ3) is 3.66. The Hall–Kier alpha value is -0.790. The summed E-state index contributed by atoms with van der Waals surface area (Å²) in [5, 5.41) is 4.78. The molecule has 5 rings (SSSR count). The van der Waals surface area contributed by atoms with Crippen molar-refractivity contribution in [1.82, 2.24) is 9.78 Å². The van der Waals surface area contributed by atoms with Gasteiger partial charge in [0.25, 0.3) is 0 Å². The molecule has 0 aromatic carbocycles. The maximum absolute atomic E-state index is 4.78. The highest BCUT2D eigenvalue weighted by Crippen LogP contribution is 2.72. The van der Waals surface area contributed by atoms with Crippen LogP contribution in [0.25, 0.3) is 0 Å². The summed E-state index contributed by atoms with van der Waals surface area (Å²) >= 11 is 0. The Morgan fingerprint density at radius 1 is 1.00 bits per heavy atom. The molecule has 192 valence electrons. The molecule has 4 aliphatic carbocycles. The molecule has 1 aromatic heterocycles. The molecule has 0 amide bonds. The Morgan fingerprint density at radius 3 is 2.53 bits per heavy atom. The molecule has 2 nitrogen and oxygen atoms in total. The molecule has 0 N–H and O–H groups in total. The standard InChI is InChI=1S/C32H54N2/c1-8-23(4)25-19-33-34(21-25)20-24(5)27-10-11-28-26-13-15-30(6)18-22(3)12-17-32(30,9-2)29(26)14-16-31(27,28)7/h19,21-24,26-29H,8-18,20H2,1-7H3/t22?,23?,24?,26?,27?,28?,29?,30-,31?,32?/m1/s1. The van der Waals surface area contributed by atoms with E-state index < -0.39 is 0 Å². The summed E-state index contributed by atoms with van der Waals surface area (Å²) in [6.07, 6.45) is 20.6. The van der Waals surface area contributed by atoms with Gasteiger partial charge in [0.2, 0.25) is 0 Å². The Morgan fingerprint density at radius 2 is 1.79 bits per heavy atom. The van der Waals surface area contributed by atoms with Crippen LogP contribution in [0, 0.1) is 51.8 Å². The molecule has 0 spiro atoms. The first-order chi connectivity index (χ1) is 16.2. The molecule has 1 aromatic rings.